The smallest absolute Gasteiger partial charge is 0.202 e. The number of nitrogens with zero attached hydrogens (tertiary/aromatic N) is 2. The van der Waals surface area contributed by atoms with E-state index in [1.807, 2.05) is 30.2 Å². The lowest BCUT2D eigenvalue weighted by Gasteiger charge is -2.06. The third-order valence-electron chi connectivity index (χ3n) is 1.82. The number of aromatic nitrogens is 2. The molecule has 14 heavy (non-hydrogen) atoms. The van der Waals surface area contributed by atoms with Crippen molar-refractivity contribution in [3.63, 3.8) is 0 Å². The molecule has 0 aliphatic carbocycles. The van der Waals surface area contributed by atoms with Gasteiger partial charge in [-0.1, -0.05) is 6.08 Å². The molecule has 0 bridgehead atoms. The Balaban J connectivity index is 2.20. The van der Waals surface area contributed by atoms with Gasteiger partial charge in [0.2, 0.25) is 5.95 Å². The van der Waals surface area contributed by atoms with E-state index < -0.39 is 0 Å². The number of anilines is 1. The third-order valence-corrected chi connectivity index (χ3v) is 2.79. The van der Waals surface area contributed by atoms with Gasteiger partial charge in [-0.3, -0.25) is 0 Å². The zero-order chi connectivity index (χ0) is 10.2. The van der Waals surface area contributed by atoms with Crippen LogP contribution in [0.15, 0.2) is 25.0 Å². The number of thioether (sulfide) groups is 1. The molecular formula is C10H17N3S. The van der Waals surface area contributed by atoms with Gasteiger partial charge in [0.05, 0.1) is 0 Å². The Kier molecular flexibility index (Phi) is 5.22. The van der Waals surface area contributed by atoms with Crippen LogP contribution in [0.2, 0.25) is 0 Å². The molecule has 0 atom stereocenters. The fourth-order valence-electron chi connectivity index (χ4n) is 1.13. The normalized spacial score (nSPS) is 10.1. The molecule has 4 heteroatoms. The summed E-state index contributed by atoms with van der Waals surface area (Å²) >= 11 is 1.87. The van der Waals surface area contributed by atoms with Gasteiger partial charge in [0.25, 0.3) is 0 Å². The highest BCUT2D eigenvalue weighted by Crippen LogP contribution is 2.04. The minimum Gasteiger partial charge on any atom is -0.355 e. The van der Waals surface area contributed by atoms with Gasteiger partial charge in [-0.05, 0) is 6.92 Å². The van der Waals surface area contributed by atoms with E-state index in [2.05, 4.69) is 28.4 Å². The van der Waals surface area contributed by atoms with Crippen molar-refractivity contribution in [3.8, 4) is 0 Å². The number of aryl methyl sites for hydroxylation is 1. The number of imidazole rings is 1. The highest BCUT2D eigenvalue weighted by atomic mass is 32.2. The first kappa shape index (κ1) is 11.2. The Labute approximate surface area is 89.6 Å². The molecule has 1 aromatic rings. The van der Waals surface area contributed by atoms with E-state index in [0.29, 0.717) is 0 Å². The fraction of sp³-hybridized carbons (Fsp3) is 0.500. The predicted octanol–water partition coefficient (Wildman–Crippen LogP) is 2.23. The summed E-state index contributed by atoms with van der Waals surface area (Å²) in [5.41, 5.74) is 0. The Morgan fingerprint density at radius 2 is 2.57 bits per heavy atom. The van der Waals surface area contributed by atoms with Crippen LogP contribution >= 0.6 is 11.8 Å². The first-order valence-corrected chi connectivity index (χ1v) is 5.97. The minimum absolute atomic E-state index is 0.954. The van der Waals surface area contributed by atoms with Crippen LogP contribution in [-0.4, -0.2) is 27.6 Å². The molecule has 0 spiro atoms. The molecule has 78 valence electrons. The molecule has 0 radical (unpaired) electrons. The molecule has 3 nitrogen and oxygen atoms in total. The number of hydrogen-bond acceptors (Lipinski definition) is 3. The van der Waals surface area contributed by atoms with Gasteiger partial charge in [0, 0.05) is 37.0 Å². The summed E-state index contributed by atoms with van der Waals surface area (Å²) in [7, 11) is 0. The third kappa shape index (κ3) is 3.46. The molecule has 0 saturated heterocycles. The summed E-state index contributed by atoms with van der Waals surface area (Å²) in [6.07, 6.45) is 5.74. The van der Waals surface area contributed by atoms with Gasteiger partial charge in [0.15, 0.2) is 0 Å². The lowest BCUT2D eigenvalue weighted by atomic mass is 10.7. The van der Waals surface area contributed by atoms with Gasteiger partial charge in [-0.2, -0.15) is 11.8 Å². The quantitative estimate of drug-likeness (QED) is 0.554. The molecule has 1 N–H and O–H groups in total. The summed E-state index contributed by atoms with van der Waals surface area (Å²) in [6, 6.07) is 0. The van der Waals surface area contributed by atoms with Crippen LogP contribution in [0.1, 0.15) is 6.92 Å². The van der Waals surface area contributed by atoms with Crippen molar-refractivity contribution >= 4 is 17.7 Å². The SMILES string of the molecule is C=CCSCCNc1nccn1CC. The van der Waals surface area contributed by atoms with Gasteiger partial charge >= 0.3 is 0 Å². The van der Waals surface area contributed by atoms with Crippen molar-refractivity contribution in [3.05, 3.63) is 25.0 Å². The van der Waals surface area contributed by atoms with Crippen LogP contribution in [0.4, 0.5) is 5.95 Å². The topological polar surface area (TPSA) is 29.9 Å². The zero-order valence-electron chi connectivity index (χ0n) is 8.57. The van der Waals surface area contributed by atoms with Crippen molar-refractivity contribution in [1.82, 2.24) is 9.55 Å². The second kappa shape index (κ2) is 6.54. The second-order valence-electron chi connectivity index (χ2n) is 2.83. The summed E-state index contributed by atoms with van der Waals surface area (Å²) in [6.45, 7) is 7.70. The van der Waals surface area contributed by atoms with Crippen LogP contribution < -0.4 is 5.32 Å². The average molecular weight is 211 g/mol. The highest BCUT2D eigenvalue weighted by molar-refractivity contribution is 7.99. The molecular weight excluding hydrogens is 194 g/mol. The molecule has 1 aromatic heterocycles. The van der Waals surface area contributed by atoms with Crippen LogP contribution in [0.25, 0.3) is 0 Å². The number of nitrogens with one attached hydrogen (secondary N) is 1. The van der Waals surface area contributed by atoms with Crippen LogP contribution in [0.5, 0.6) is 0 Å². The summed E-state index contributed by atoms with van der Waals surface area (Å²) < 4.78 is 2.10. The van der Waals surface area contributed by atoms with Gasteiger partial charge < -0.3 is 9.88 Å². The van der Waals surface area contributed by atoms with Crippen molar-refractivity contribution in [2.24, 2.45) is 0 Å². The largest absolute Gasteiger partial charge is 0.355 e. The minimum atomic E-state index is 0.954. The monoisotopic (exact) mass is 211 g/mol. The maximum Gasteiger partial charge on any atom is 0.202 e. The number of rotatable bonds is 7. The highest BCUT2D eigenvalue weighted by Gasteiger charge is 1.98. The zero-order valence-corrected chi connectivity index (χ0v) is 9.39. The first-order chi connectivity index (χ1) is 6.88. The molecule has 0 saturated carbocycles. The van der Waals surface area contributed by atoms with Gasteiger partial charge in [-0.25, -0.2) is 4.98 Å². The lowest BCUT2D eigenvalue weighted by Crippen LogP contribution is -2.09. The molecule has 0 fully saturated rings. The first-order valence-electron chi connectivity index (χ1n) is 4.82. The van der Waals surface area contributed by atoms with E-state index in [-0.39, 0.29) is 0 Å². The van der Waals surface area contributed by atoms with E-state index in [0.717, 1.165) is 30.5 Å². The molecule has 0 aliphatic rings. The maximum atomic E-state index is 4.23. The van der Waals surface area contributed by atoms with Crippen molar-refractivity contribution in [1.29, 1.82) is 0 Å². The van der Waals surface area contributed by atoms with Gasteiger partial charge in [-0.15, -0.1) is 6.58 Å². The van der Waals surface area contributed by atoms with E-state index in [9.17, 15) is 0 Å². The standard InChI is InChI=1S/C10H17N3S/c1-3-8-14-9-6-12-10-11-5-7-13(10)4-2/h3,5,7H,1,4,6,8-9H2,2H3,(H,11,12). The predicted molar refractivity (Wildman–Crippen MR) is 63.9 cm³/mol. The summed E-state index contributed by atoms with van der Waals surface area (Å²) in [4.78, 5) is 4.23. The molecule has 0 amide bonds. The lowest BCUT2D eigenvalue weighted by molar-refractivity contribution is 0.766. The van der Waals surface area contributed by atoms with Crippen molar-refractivity contribution < 1.29 is 0 Å². The van der Waals surface area contributed by atoms with Crippen molar-refractivity contribution in [2.75, 3.05) is 23.4 Å². The van der Waals surface area contributed by atoms with Crippen LogP contribution in [0.3, 0.4) is 0 Å². The maximum absolute atomic E-state index is 4.23. The molecule has 0 aliphatic heterocycles. The Bertz CT molecular complexity index is 270. The summed E-state index contributed by atoms with van der Waals surface area (Å²) in [5, 5.41) is 3.30. The van der Waals surface area contributed by atoms with E-state index in [4.69, 9.17) is 0 Å². The fourth-order valence-corrected chi connectivity index (χ4v) is 1.71. The average Bonchev–Trinajstić information content (AvgIpc) is 2.65. The molecule has 0 unspecified atom stereocenters. The van der Waals surface area contributed by atoms with E-state index in [1.165, 1.54) is 0 Å². The van der Waals surface area contributed by atoms with Crippen molar-refractivity contribution in [2.45, 2.75) is 13.5 Å². The van der Waals surface area contributed by atoms with Gasteiger partial charge in [0.1, 0.15) is 0 Å². The Morgan fingerprint density at radius 3 is 3.29 bits per heavy atom. The summed E-state index contributed by atoms with van der Waals surface area (Å²) in [5.74, 6) is 3.07. The Hall–Kier alpha value is -0.900. The molecule has 1 heterocycles. The van der Waals surface area contributed by atoms with E-state index >= 15 is 0 Å². The number of hydrogen-bond donors (Lipinski definition) is 1. The molecule has 0 aromatic carbocycles. The second-order valence-corrected chi connectivity index (χ2v) is 3.98. The van der Waals surface area contributed by atoms with Crippen LogP contribution in [0, 0.1) is 0 Å². The Morgan fingerprint density at radius 1 is 1.71 bits per heavy atom. The molecule has 1 rings (SSSR count). The van der Waals surface area contributed by atoms with E-state index in [1.54, 1.807) is 0 Å². The van der Waals surface area contributed by atoms with Crippen LogP contribution in [-0.2, 0) is 6.54 Å².